The highest BCUT2D eigenvalue weighted by Gasteiger charge is 2.26. The molecule has 0 saturated carbocycles. The van der Waals surface area contributed by atoms with Crippen LogP contribution < -0.4 is 0 Å². The average molecular weight is 219 g/mol. The number of ketones is 1. The fraction of sp³-hybridized carbons (Fsp3) is 0.500. The molecule has 2 nitrogen and oxygen atoms in total. The first-order valence-corrected chi connectivity index (χ1v) is 6.04. The number of hydrogen-bond acceptors (Lipinski definition) is 3. The summed E-state index contributed by atoms with van der Waals surface area (Å²) in [5.41, 5.74) is 0.884. The van der Waals surface area contributed by atoms with Crippen molar-refractivity contribution in [2.75, 3.05) is 0 Å². The van der Waals surface area contributed by atoms with E-state index in [2.05, 4.69) is 6.07 Å². The SMILES string of the molecule is Cc1cc2c(s1)CCCC(CC#N)C2=O. The standard InChI is InChI=1S/C12H13NOS/c1-8-7-10-11(15-8)4-2-3-9(5-6-13)12(10)14/h7,9H,2-5H2,1H3. The van der Waals surface area contributed by atoms with Gasteiger partial charge in [-0.25, -0.2) is 0 Å². The summed E-state index contributed by atoms with van der Waals surface area (Å²) >= 11 is 1.72. The van der Waals surface area contributed by atoms with E-state index < -0.39 is 0 Å². The molecule has 0 amide bonds. The van der Waals surface area contributed by atoms with Crippen LogP contribution in [0.5, 0.6) is 0 Å². The van der Waals surface area contributed by atoms with Crippen molar-refractivity contribution in [2.24, 2.45) is 5.92 Å². The van der Waals surface area contributed by atoms with Crippen molar-refractivity contribution < 1.29 is 4.79 Å². The van der Waals surface area contributed by atoms with Crippen LogP contribution in [0.3, 0.4) is 0 Å². The molecular weight excluding hydrogens is 206 g/mol. The Hall–Kier alpha value is -1.14. The van der Waals surface area contributed by atoms with Crippen LogP contribution in [-0.2, 0) is 6.42 Å². The number of aryl methyl sites for hydroxylation is 2. The van der Waals surface area contributed by atoms with E-state index in [0.29, 0.717) is 6.42 Å². The summed E-state index contributed by atoms with van der Waals surface area (Å²) in [6.07, 6.45) is 3.27. The minimum Gasteiger partial charge on any atom is -0.294 e. The zero-order valence-corrected chi connectivity index (χ0v) is 9.56. The Labute approximate surface area is 93.5 Å². The molecule has 2 rings (SSSR count). The van der Waals surface area contributed by atoms with Crippen molar-refractivity contribution in [3.05, 3.63) is 21.4 Å². The maximum absolute atomic E-state index is 12.1. The van der Waals surface area contributed by atoms with Gasteiger partial charge in [-0.1, -0.05) is 0 Å². The summed E-state index contributed by atoms with van der Waals surface area (Å²) in [4.78, 5) is 14.5. The molecule has 1 atom stereocenters. The lowest BCUT2D eigenvalue weighted by molar-refractivity contribution is 0.0918. The molecule has 0 spiro atoms. The van der Waals surface area contributed by atoms with Crippen LogP contribution in [0.4, 0.5) is 0 Å². The molecule has 0 fully saturated rings. The van der Waals surface area contributed by atoms with Crippen molar-refractivity contribution in [1.82, 2.24) is 0 Å². The van der Waals surface area contributed by atoms with E-state index in [4.69, 9.17) is 5.26 Å². The number of carbonyl (C=O) groups is 1. The van der Waals surface area contributed by atoms with Gasteiger partial charge in [0.05, 0.1) is 6.07 Å². The predicted octanol–water partition coefficient (Wildman–Crippen LogP) is 3.11. The summed E-state index contributed by atoms with van der Waals surface area (Å²) in [6, 6.07) is 4.10. The van der Waals surface area contributed by atoms with Crippen molar-refractivity contribution in [1.29, 1.82) is 5.26 Å². The van der Waals surface area contributed by atoms with Gasteiger partial charge in [-0.15, -0.1) is 11.3 Å². The monoisotopic (exact) mass is 219 g/mol. The Kier molecular flexibility index (Phi) is 2.88. The first-order valence-electron chi connectivity index (χ1n) is 5.23. The van der Waals surface area contributed by atoms with Crippen molar-refractivity contribution >= 4 is 17.1 Å². The quantitative estimate of drug-likeness (QED) is 0.681. The number of Topliss-reactive ketones (excluding diaryl/α,β-unsaturated/α-hetero) is 1. The third-order valence-corrected chi connectivity index (χ3v) is 3.97. The van der Waals surface area contributed by atoms with E-state index in [0.717, 1.165) is 24.8 Å². The van der Waals surface area contributed by atoms with Gasteiger partial charge in [0.1, 0.15) is 0 Å². The van der Waals surface area contributed by atoms with Gasteiger partial charge in [0.25, 0.3) is 0 Å². The van der Waals surface area contributed by atoms with E-state index >= 15 is 0 Å². The highest BCUT2D eigenvalue weighted by molar-refractivity contribution is 7.12. The number of nitriles is 1. The van der Waals surface area contributed by atoms with Crippen LogP contribution in [0.15, 0.2) is 6.07 Å². The molecule has 1 aliphatic carbocycles. The smallest absolute Gasteiger partial charge is 0.168 e. The molecule has 15 heavy (non-hydrogen) atoms. The molecule has 0 N–H and O–H groups in total. The molecular formula is C12H13NOS. The number of hydrogen-bond donors (Lipinski definition) is 0. The normalized spacial score (nSPS) is 20.5. The highest BCUT2D eigenvalue weighted by Crippen LogP contribution is 2.31. The Morgan fingerprint density at radius 3 is 3.20 bits per heavy atom. The molecule has 1 unspecified atom stereocenters. The molecule has 3 heteroatoms. The number of nitrogens with zero attached hydrogens (tertiary/aromatic N) is 1. The predicted molar refractivity (Wildman–Crippen MR) is 60.0 cm³/mol. The number of thiophene rings is 1. The molecule has 0 radical (unpaired) electrons. The lowest BCUT2D eigenvalue weighted by Gasteiger charge is -2.07. The highest BCUT2D eigenvalue weighted by atomic mass is 32.1. The molecule has 0 aliphatic heterocycles. The summed E-state index contributed by atoms with van der Waals surface area (Å²) in [7, 11) is 0. The van der Waals surface area contributed by atoms with Crippen molar-refractivity contribution in [3.63, 3.8) is 0 Å². The van der Waals surface area contributed by atoms with Crippen LogP contribution in [-0.4, -0.2) is 5.78 Å². The molecule has 0 bridgehead atoms. The van der Waals surface area contributed by atoms with E-state index in [1.807, 2.05) is 13.0 Å². The Morgan fingerprint density at radius 2 is 2.47 bits per heavy atom. The first kappa shape index (κ1) is 10.4. The molecule has 1 aliphatic rings. The van der Waals surface area contributed by atoms with Gasteiger partial charge in [0, 0.05) is 27.7 Å². The minimum atomic E-state index is -0.0646. The van der Waals surface area contributed by atoms with Gasteiger partial charge in [-0.05, 0) is 32.3 Å². The number of fused-ring (bicyclic) bond motifs is 1. The summed E-state index contributed by atoms with van der Waals surface area (Å²) in [6.45, 7) is 2.03. The fourth-order valence-corrected chi connectivity index (χ4v) is 3.20. The van der Waals surface area contributed by atoms with Crippen LogP contribution in [0.2, 0.25) is 0 Å². The van der Waals surface area contributed by atoms with Gasteiger partial charge in [-0.3, -0.25) is 4.79 Å². The number of carbonyl (C=O) groups excluding carboxylic acids is 1. The summed E-state index contributed by atoms with van der Waals surface area (Å²) in [5.74, 6) is 0.124. The van der Waals surface area contributed by atoms with Gasteiger partial charge in [0.2, 0.25) is 0 Å². The molecule has 1 aromatic heterocycles. The zero-order valence-electron chi connectivity index (χ0n) is 8.75. The molecule has 1 heterocycles. The largest absolute Gasteiger partial charge is 0.294 e. The van der Waals surface area contributed by atoms with Gasteiger partial charge in [0.15, 0.2) is 5.78 Å². The van der Waals surface area contributed by atoms with Crippen molar-refractivity contribution in [2.45, 2.75) is 32.6 Å². The topological polar surface area (TPSA) is 40.9 Å². The summed E-state index contributed by atoms with van der Waals surface area (Å²) in [5, 5.41) is 8.68. The maximum atomic E-state index is 12.1. The maximum Gasteiger partial charge on any atom is 0.168 e. The van der Waals surface area contributed by atoms with Crippen molar-refractivity contribution in [3.8, 4) is 6.07 Å². The molecule has 0 aromatic carbocycles. The Balaban J connectivity index is 2.34. The second-order valence-electron chi connectivity index (χ2n) is 4.01. The lowest BCUT2D eigenvalue weighted by Crippen LogP contribution is -2.12. The van der Waals surface area contributed by atoms with Crippen LogP contribution in [0.1, 0.15) is 39.4 Å². The van der Waals surface area contributed by atoms with E-state index in [1.165, 1.54) is 9.75 Å². The van der Waals surface area contributed by atoms with Gasteiger partial charge in [-0.2, -0.15) is 5.26 Å². The zero-order chi connectivity index (χ0) is 10.8. The van der Waals surface area contributed by atoms with E-state index in [-0.39, 0.29) is 11.7 Å². The second kappa shape index (κ2) is 4.16. The fourth-order valence-electron chi connectivity index (χ4n) is 2.12. The molecule has 78 valence electrons. The Morgan fingerprint density at radius 1 is 1.67 bits per heavy atom. The second-order valence-corrected chi connectivity index (χ2v) is 5.35. The van der Waals surface area contributed by atoms with Crippen LogP contribution >= 0.6 is 11.3 Å². The van der Waals surface area contributed by atoms with Gasteiger partial charge < -0.3 is 0 Å². The third kappa shape index (κ3) is 1.95. The molecule has 1 aromatic rings. The Bertz CT molecular complexity index is 427. The summed E-state index contributed by atoms with van der Waals surface area (Å²) < 4.78 is 0. The third-order valence-electron chi connectivity index (χ3n) is 2.86. The van der Waals surface area contributed by atoms with E-state index in [9.17, 15) is 4.79 Å². The molecule has 0 saturated heterocycles. The average Bonchev–Trinajstić information content (AvgIpc) is 2.51. The number of rotatable bonds is 1. The first-order chi connectivity index (χ1) is 7.22. The minimum absolute atomic E-state index is 0.0646. The lowest BCUT2D eigenvalue weighted by atomic mass is 9.94. The van der Waals surface area contributed by atoms with E-state index in [1.54, 1.807) is 11.3 Å². The van der Waals surface area contributed by atoms with Gasteiger partial charge >= 0.3 is 0 Å². The van der Waals surface area contributed by atoms with Crippen LogP contribution in [0.25, 0.3) is 0 Å². The van der Waals surface area contributed by atoms with Crippen LogP contribution in [0, 0.1) is 24.2 Å².